The SMILES string of the molecule is Cc1noc2nc(-c3ccccc3C(F)(F)F)cc(C(=O)OCC(=O)NCC(F)(F)F)c12. The second-order valence-corrected chi connectivity index (χ2v) is 6.51. The van der Waals surface area contributed by atoms with Gasteiger partial charge in [-0.3, -0.25) is 4.79 Å². The van der Waals surface area contributed by atoms with Gasteiger partial charge in [0.15, 0.2) is 6.61 Å². The molecule has 3 aromatic rings. The highest BCUT2D eigenvalue weighted by atomic mass is 19.4. The van der Waals surface area contributed by atoms with E-state index in [0.29, 0.717) is 0 Å². The average molecular weight is 461 g/mol. The third-order valence-corrected chi connectivity index (χ3v) is 4.17. The van der Waals surface area contributed by atoms with Gasteiger partial charge in [0, 0.05) is 5.56 Å². The van der Waals surface area contributed by atoms with Crippen molar-refractivity contribution in [3.8, 4) is 11.3 Å². The van der Waals surface area contributed by atoms with E-state index in [1.54, 1.807) is 0 Å². The van der Waals surface area contributed by atoms with Gasteiger partial charge >= 0.3 is 18.3 Å². The molecule has 0 unspecified atom stereocenters. The number of carbonyl (C=O) groups excluding carboxylic acids is 2. The Kier molecular flexibility index (Phi) is 6.10. The van der Waals surface area contributed by atoms with Gasteiger partial charge in [-0.25, -0.2) is 9.78 Å². The zero-order chi connectivity index (χ0) is 23.7. The molecule has 170 valence electrons. The molecule has 7 nitrogen and oxygen atoms in total. The van der Waals surface area contributed by atoms with Crippen LogP contribution in [0, 0.1) is 6.92 Å². The Labute approximate surface area is 175 Å². The summed E-state index contributed by atoms with van der Waals surface area (Å²) in [5.74, 6) is -2.40. The Morgan fingerprint density at radius 1 is 1.12 bits per heavy atom. The summed E-state index contributed by atoms with van der Waals surface area (Å²) in [6.45, 7) is -1.23. The van der Waals surface area contributed by atoms with Gasteiger partial charge in [-0.15, -0.1) is 0 Å². The summed E-state index contributed by atoms with van der Waals surface area (Å²) in [6.07, 6.45) is -9.38. The molecule has 13 heteroatoms. The van der Waals surface area contributed by atoms with Crippen LogP contribution in [0.25, 0.3) is 22.4 Å². The molecule has 0 bridgehead atoms. The molecule has 1 aromatic carbocycles. The summed E-state index contributed by atoms with van der Waals surface area (Å²) < 4.78 is 86.4. The maximum atomic E-state index is 13.4. The van der Waals surface area contributed by atoms with Gasteiger partial charge in [0.2, 0.25) is 0 Å². The van der Waals surface area contributed by atoms with Crippen molar-refractivity contribution >= 4 is 23.0 Å². The van der Waals surface area contributed by atoms with Crippen LogP contribution in [-0.4, -0.2) is 41.3 Å². The minimum Gasteiger partial charge on any atom is -0.452 e. The molecule has 0 spiro atoms. The Bertz CT molecular complexity index is 1170. The lowest BCUT2D eigenvalue weighted by molar-refractivity contribution is -0.140. The van der Waals surface area contributed by atoms with Crippen molar-refractivity contribution in [1.29, 1.82) is 0 Å². The number of hydrogen-bond acceptors (Lipinski definition) is 6. The van der Waals surface area contributed by atoms with Crippen LogP contribution < -0.4 is 5.32 Å². The molecule has 2 heterocycles. The van der Waals surface area contributed by atoms with E-state index in [1.807, 2.05) is 0 Å². The van der Waals surface area contributed by atoms with Gasteiger partial charge in [-0.05, 0) is 19.1 Å². The number of aromatic nitrogens is 2. The molecule has 32 heavy (non-hydrogen) atoms. The van der Waals surface area contributed by atoms with Crippen LogP contribution >= 0.6 is 0 Å². The lowest BCUT2D eigenvalue weighted by atomic mass is 10.0. The van der Waals surface area contributed by atoms with Crippen LogP contribution in [0.1, 0.15) is 21.6 Å². The van der Waals surface area contributed by atoms with E-state index in [4.69, 9.17) is 9.26 Å². The van der Waals surface area contributed by atoms with E-state index in [2.05, 4.69) is 10.1 Å². The Balaban J connectivity index is 1.95. The fraction of sp³-hybridized carbons (Fsp3) is 0.263. The Hall–Kier alpha value is -3.64. The van der Waals surface area contributed by atoms with Crippen LogP contribution in [0.4, 0.5) is 26.3 Å². The number of benzene rings is 1. The molecule has 0 aliphatic heterocycles. The van der Waals surface area contributed by atoms with Gasteiger partial charge in [-0.1, -0.05) is 23.4 Å². The molecule has 0 saturated carbocycles. The van der Waals surface area contributed by atoms with Crippen molar-refractivity contribution in [2.24, 2.45) is 0 Å². The third-order valence-electron chi connectivity index (χ3n) is 4.17. The van der Waals surface area contributed by atoms with E-state index in [9.17, 15) is 35.9 Å². The lowest BCUT2D eigenvalue weighted by Crippen LogP contribution is -2.36. The highest BCUT2D eigenvalue weighted by molar-refractivity contribution is 6.04. The first-order valence-corrected chi connectivity index (χ1v) is 8.81. The van der Waals surface area contributed by atoms with E-state index in [-0.39, 0.29) is 33.6 Å². The number of aryl methyl sites for hydroxylation is 1. The highest BCUT2D eigenvalue weighted by Crippen LogP contribution is 2.37. The van der Waals surface area contributed by atoms with Gasteiger partial charge in [0.25, 0.3) is 11.6 Å². The number of halogens is 6. The number of hydrogen-bond donors (Lipinski definition) is 1. The second kappa shape index (κ2) is 8.48. The van der Waals surface area contributed by atoms with E-state index in [0.717, 1.165) is 18.2 Å². The van der Waals surface area contributed by atoms with Gasteiger partial charge in [0.1, 0.15) is 6.54 Å². The van der Waals surface area contributed by atoms with Crippen molar-refractivity contribution in [3.63, 3.8) is 0 Å². The van der Waals surface area contributed by atoms with Gasteiger partial charge in [-0.2, -0.15) is 26.3 Å². The van der Waals surface area contributed by atoms with E-state index < -0.39 is 42.9 Å². The largest absolute Gasteiger partial charge is 0.452 e. The lowest BCUT2D eigenvalue weighted by Gasteiger charge is -2.13. The summed E-state index contributed by atoms with van der Waals surface area (Å²) in [5.41, 5.74) is -2.07. The fourth-order valence-corrected chi connectivity index (χ4v) is 2.81. The predicted molar refractivity (Wildman–Crippen MR) is 96.3 cm³/mol. The van der Waals surface area contributed by atoms with Crippen LogP contribution in [0.5, 0.6) is 0 Å². The summed E-state index contributed by atoms with van der Waals surface area (Å²) in [7, 11) is 0. The number of amides is 1. The van der Waals surface area contributed by atoms with Crippen molar-refractivity contribution in [1.82, 2.24) is 15.5 Å². The molecule has 1 amide bonds. The fourth-order valence-electron chi connectivity index (χ4n) is 2.81. The van der Waals surface area contributed by atoms with Crippen LogP contribution in [0.3, 0.4) is 0 Å². The summed E-state index contributed by atoms with van der Waals surface area (Å²) in [6, 6.07) is 5.49. The summed E-state index contributed by atoms with van der Waals surface area (Å²) in [5, 5.41) is 5.18. The van der Waals surface area contributed by atoms with Gasteiger partial charge < -0.3 is 14.6 Å². The normalized spacial score (nSPS) is 12.1. The number of nitrogens with zero attached hydrogens (tertiary/aromatic N) is 2. The van der Waals surface area contributed by atoms with Crippen LogP contribution in [0.15, 0.2) is 34.9 Å². The maximum Gasteiger partial charge on any atom is 0.417 e. The van der Waals surface area contributed by atoms with Crippen molar-refractivity contribution in [3.05, 3.63) is 47.2 Å². The monoisotopic (exact) mass is 461 g/mol. The minimum atomic E-state index is -4.72. The number of esters is 1. The van der Waals surface area contributed by atoms with Gasteiger partial charge in [0.05, 0.1) is 27.9 Å². The zero-order valence-electron chi connectivity index (χ0n) is 16.1. The minimum absolute atomic E-state index is 0.0268. The number of rotatable bonds is 5. The molecule has 0 aliphatic carbocycles. The standard InChI is InChI=1S/C19H13F6N3O4/c1-9-15-11(17(30)31-7-14(29)26-8-18(20,21)22)6-13(27-16(15)32-28-9)10-4-2-3-5-12(10)19(23,24)25/h2-6H,7-8H2,1H3,(H,26,29). The van der Waals surface area contributed by atoms with Crippen LogP contribution in [-0.2, 0) is 15.7 Å². The molecule has 2 aromatic heterocycles. The number of carbonyl (C=O) groups is 2. The highest BCUT2D eigenvalue weighted by Gasteiger charge is 2.34. The number of pyridine rings is 1. The zero-order valence-corrected chi connectivity index (χ0v) is 16.1. The second-order valence-electron chi connectivity index (χ2n) is 6.51. The average Bonchev–Trinajstić information content (AvgIpc) is 3.09. The number of ether oxygens (including phenoxy) is 1. The molecule has 0 radical (unpaired) electrons. The molecule has 0 atom stereocenters. The Morgan fingerprint density at radius 2 is 1.81 bits per heavy atom. The summed E-state index contributed by atoms with van der Waals surface area (Å²) in [4.78, 5) is 28.0. The molecule has 3 rings (SSSR count). The predicted octanol–water partition coefficient (Wildman–Crippen LogP) is 4.05. The van der Waals surface area contributed by atoms with Crippen LogP contribution in [0.2, 0.25) is 0 Å². The molecule has 1 N–H and O–H groups in total. The first-order valence-electron chi connectivity index (χ1n) is 8.81. The first kappa shape index (κ1) is 23.0. The maximum absolute atomic E-state index is 13.4. The number of fused-ring (bicyclic) bond motifs is 1. The first-order chi connectivity index (χ1) is 14.9. The van der Waals surface area contributed by atoms with E-state index >= 15 is 0 Å². The molecular formula is C19H13F6N3O4. The van der Waals surface area contributed by atoms with Crippen molar-refractivity contribution in [2.45, 2.75) is 19.3 Å². The topological polar surface area (TPSA) is 94.3 Å². The number of nitrogens with one attached hydrogen (secondary N) is 1. The smallest absolute Gasteiger partial charge is 0.417 e. The molecule has 0 saturated heterocycles. The Morgan fingerprint density at radius 3 is 2.47 bits per heavy atom. The molecule has 0 fully saturated rings. The number of alkyl halides is 6. The van der Waals surface area contributed by atoms with Crippen molar-refractivity contribution < 1.29 is 45.2 Å². The molecule has 0 aliphatic rings. The van der Waals surface area contributed by atoms with Crippen molar-refractivity contribution in [2.75, 3.05) is 13.2 Å². The quantitative estimate of drug-likeness (QED) is 0.455. The van der Waals surface area contributed by atoms with E-state index in [1.165, 1.54) is 24.4 Å². The summed E-state index contributed by atoms with van der Waals surface area (Å²) >= 11 is 0. The molecular weight excluding hydrogens is 448 g/mol. The third kappa shape index (κ3) is 5.15.